The van der Waals surface area contributed by atoms with E-state index in [0.717, 1.165) is 30.8 Å². The van der Waals surface area contributed by atoms with E-state index in [1.165, 1.54) is 0 Å². The van der Waals surface area contributed by atoms with Gasteiger partial charge < -0.3 is 10.2 Å². The molecule has 0 aliphatic rings. The molecule has 1 N–H and O–H groups in total. The van der Waals surface area contributed by atoms with E-state index < -0.39 is 0 Å². The molecule has 0 spiro atoms. The molecule has 0 saturated heterocycles. The largest absolute Gasteiger partial charge is 0.384 e. The molecule has 0 aliphatic carbocycles. The maximum Gasteiger partial charge on any atom is 0.255 e. The molecule has 0 aromatic heterocycles. The van der Waals surface area contributed by atoms with E-state index in [0.29, 0.717) is 5.92 Å². The summed E-state index contributed by atoms with van der Waals surface area (Å²) in [4.78, 5) is 14.1. The van der Waals surface area contributed by atoms with Crippen LogP contribution in [0.4, 0.5) is 5.69 Å². The normalized spacial score (nSPS) is 10.5. The fourth-order valence-electron chi connectivity index (χ4n) is 1.92. The number of nitrogens with one attached hydrogen (secondary N) is 1. The zero-order valence-corrected chi connectivity index (χ0v) is 11.9. The van der Waals surface area contributed by atoms with Gasteiger partial charge in [0.2, 0.25) is 0 Å². The van der Waals surface area contributed by atoms with Crippen molar-refractivity contribution in [1.29, 1.82) is 0 Å². The van der Waals surface area contributed by atoms with Crippen LogP contribution in [0.5, 0.6) is 0 Å². The number of para-hydroxylation sites is 1. The average molecular weight is 248 g/mol. The molecular formula is C15H24N2O. The molecule has 0 aliphatic heterocycles. The molecule has 0 atom stereocenters. The van der Waals surface area contributed by atoms with Gasteiger partial charge in [-0.1, -0.05) is 32.9 Å². The highest BCUT2D eigenvalue weighted by atomic mass is 16.2. The minimum atomic E-state index is 0.0860. The number of hydrogen-bond acceptors (Lipinski definition) is 2. The van der Waals surface area contributed by atoms with Gasteiger partial charge in [0.15, 0.2) is 0 Å². The van der Waals surface area contributed by atoms with Crippen LogP contribution in [0.25, 0.3) is 0 Å². The van der Waals surface area contributed by atoms with Gasteiger partial charge in [-0.05, 0) is 24.5 Å². The van der Waals surface area contributed by atoms with E-state index in [1.54, 1.807) is 4.90 Å². The number of amides is 1. The lowest BCUT2D eigenvalue weighted by molar-refractivity contribution is 0.0780. The molecule has 1 rings (SSSR count). The van der Waals surface area contributed by atoms with Crippen molar-refractivity contribution < 1.29 is 4.79 Å². The highest BCUT2D eigenvalue weighted by Gasteiger charge is 2.15. The predicted molar refractivity (Wildman–Crippen MR) is 77.0 cm³/mol. The Bertz CT molecular complexity index is 388. The first kappa shape index (κ1) is 14.6. The summed E-state index contributed by atoms with van der Waals surface area (Å²) in [6.45, 7) is 8.01. The maximum absolute atomic E-state index is 12.4. The Morgan fingerprint density at radius 3 is 2.61 bits per heavy atom. The molecule has 1 aromatic rings. The first-order valence-electron chi connectivity index (χ1n) is 6.64. The Morgan fingerprint density at radius 1 is 1.33 bits per heavy atom. The fraction of sp³-hybridized carbons (Fsp3) is 0.533. The van der Waals surface area contributed by atoms with Crippen molar-refractivity contribution in [2.75, 3.05) is 25.5 Å². The number of anilines is 1. The molecule has 0 saturated carbocycles. The maximum atomic E-state index is 12.4. The summed E-state index contributed by atoms with van der Waals surface area (Å²) in [7, 11) is 1.86. The van der Waals surface area contributed by atoms with Crippen molar-refractivity contribution in [2.24, 2.45) is 5.92 Å². The number of carbonyl (C=O) groups is 1. The molecule has 1 aromatic carbocycles. The van der Waals surface area contributed by atoms with Gasteiger partial charge in [-0.15, -0.1) is 0 Å². The summed E-state index contributed by atoms with van der Waals surface area (Å²) >= 11 is 0. The number of benzene rings is 1. The average Bonchev–Trinajstić information content (AvgIpc) is 2.35. The Morgan fingerprint density at radius 2 is 2.00 bits per heavy atom. The summed E-state index contributed by atoms with van der Waals surface area (Å²) in [6.07, 6.45) is 1.05. The van der Waals surface area contributed by atoms with Crippen molar-refractivity contribution in [3.05, 3.63) is 29.8 Å². The first-order valence-corrected chi connectivity index (χ1v) is 6.64. The van der Waals surface area contributed by atoms with E-state index in [-0.39, 0.29) is 5.91 Å². The molecule has 100 valence electrons. The number of rotatable bonds is 6. The minimum Gasteiger partial charge on any atom is -0.384 e. The molecule has 3 nitrogen and oxygen atoms in total. The van der Waals surface area contributed by atoms with Crippen LogP contribution < -0.4 is 5.32 Å². The monoisotopic (exact) mass is 248 g/mol. The Labute approximate surface area is 110 Å². The van der Waals surface area contributed by atoms with Crippen LogP contribution in [0.15, 0.2) is 24.3 Å². The highest BCUT2D eigenvalue weighted by Crippen LogP contribution is 2.17. The lowest BCUT2D eigenvalue weighted by Crippen LogP contribution is -2.30. The van der Waals surface area contributed by atoms with Crippen LogP contribution in [0.3, 0.4) is 0 Å². The van der Waals surface area contributed by atoms with Crippen molar-refractivity contribution in [3.8, 4) is 0 Å². The van der Waals surface area contributed by atoms with Gasteiger partial charge in [-0.3, -0.25) is 4.79 Å². The Balaban J connectivity index is 2.84. The zero-order valence-electron chi connectivity index (χ0n) is 11.9. The van der Waals surface area contributed by atoms with E-state index in [2.05, 4.69) is 26.1 Å². The number of hydrogen-bond donors (Lipinski definition) is 1. The summed E-state index contributed by atoms with van der Waals surface area (Å²) in [6, 6.07) is 7.72. The van der Waals surface area contributed by atoms with Gasteiger partial charge >= 0.3 is 0 Å². The SMILES string of the molecule is CCCNc1ccccc1C(=O)N(C)CC(C)C. The third-order valence-corrected chi connectivity index (χ3v) is 2.71. The van der Waals surface area contributed by atoms with E-state index >= 15 is 0 Å². The molecule has 0 fully saturated rings. The minimum absolute atomic E-state index is 0.0860. The smallest absolute Gasteiger partial charge is 0.255 e. The van der Waals surface area contributed by atoms with Gasteiger partial charge in [-0.2, -0.15) is 0 Å². The van der Waals surface area contributed by atoms with Crippen LogP contribution >= 0.6 is 0 Å². The van der Waals surface area contributed by atoms with Crippen molar-refractivity contribution in [3.63, 3.8) is 0 Å². The standard InChI is InChI=1S/C15H24N2O/c1-5-10-16-14-9-7-6-8-13(14)15(18)17(4)11-12(2)3/h6-9,12,16H,5,10-11H2,1-4H3. The summed E-state index contributed by atoms with van der Waals surface area (Å²) in [5.41, 5.74) is 1.69. The molecule has 0 unspecified atom stereocenters. The van der Waals surface area contributed by atoms with Crippen LogP contribution in [-0.4, -0.2) is 30.9 Å². The zero-order chi connectivity index (χ0) is 13.5. The predicted octanol–water partition coefficient (Wildman–Crippen LogP) is 3.24. The van der Waals surface area contributed by atoms with Gasteiger partial charge in [0.05, 0.1) is 5.56 Å². The van der Waals surface area contributed by atoms with Crippen LogP contribution in [-0.2, 0) is 0 Å². The number of carbonyl (C=O) groups excluding carboxylic acids is 1. The summed E-state index contributed by atoms with van der Waals surface area (Å²) in [5.74, 6) is 0.567. The second-order valence-corrected chi connectivity index (χ2v) is 5.05. The molecule has 3 heteroatoms. The molecule has 0 heterocycles. The van der Waals surface area contributed by atoms with Gasteiger partial charge in [-0.25, -0.2) is 0 Å². The van der Waals surface area contributed by atoms with Crippen molar-refractivity contribution >= 4 is 11.6 Å². The van der Waals surface area contributed by atoms with Gasteiger partial charge in [0, 0.05) is 25.8 Å². The van der Waals surface area contributed by atoms with Gasteiger partial charge in [0.25, 0.3) is 5.91 Å². The van der Waals surface area contributed by atoms with Crippen molar-refractivity contribution in [2.45, 2.75) is 27.2 Å². The number of nitrogens with zero attached hydrogens (tertiary/aromatic N) is 1. The third kappa shape index (κ3) is 4.06. The lowest BCUT2D eigenvalue weighted by atomic mass is 10.1. The van der Waals surface area contributed by atoms with E-state index in [4.69, 9.17) is 0 Å². The van der Waals surface area contributed by atoms with Crippen LogP contribution in [0, 0.1) is 5.92 Å². The highest BCUT2D eigenvalue weighted by molar-refractivity contribution is 5.99. The molecule has 1 amide bonds. The summed E-state index contributed by atoms with van der Waals surface area (Å²) in [5, 5.41) is 3.30. The van der Waals surface area contributed by atoms with Crippen molar-refractivity contribution in [1.82, 2.24) is 4.90 Å². The third-order valence-electron chi connectivity index (χ3n) is 2.71. The van der Waals surface area contributed by atoms with Crippen LogP contribution in [0.1, 0.15) is 37.6 Å². The fourth-order valence-corrected chi connectivity index (χ4v) is 1.92. The van der Waals surface area contributed by atoms with Gasteiger partial charge in [0.1, 0.15) is 0 Å². The molecule has 0 bridgehead atoms. The van der Waals surface area contributed by atoms with E-state index in [9.17, 15) is 4.79 Å². The second-order valence-electron chi connectivity index (χ2n) is 5.05. The Hall–Kier alpha value is -1.51. The van der Waals surface area contributed by atoms with E-state index in [1.807, 2.05) is 31.3 Å². The molecule has 0 radical (unpaired) electrons. The summed E-state index contributed by atoms with van der Waals surface area (Å²) < 4.78 is 0. The first-order chi connectivity index (χ1) is 8.56. The van der Waals surface area contributed by atoms with Crippen LogP contribution in [0.2, 0.25) is 0 Å². The second kappa shape index (κ2) is 7.04. The topological polar surface area (TPSA) is 32.3 Å². The molecule has 18 heavy (non-hydrogen) atoms. The Kier molecular flexibility index (Phi) is 5.69. The lowest BCUT2D eigenvalue weighted by Gasteiger charge is -2.21. The molecular weight excluding hydrogens is 224 g/mol. The quantitative estimate of drug-likeness (QED) is 0.838.